The van der Waals surface area contributed by atoms with E-state index in [1.165, 1.54) is 0 Å². The molecular weight excluding hydrogens is 236 g/mol. The summed E-state index contributed by atoms with van der Waals surface area (Å²) in [4.78, 5) is 0. The summed E-state index contributed by atoms with van der Waals surface area (Å²) in [5, 5.41) is 20.2. The van der Waals surface area contributed by atoms with Gasteiger partial charge in [-0.3, -0.25) is 0 Å². The minimum Gasteiger partial charge on any atom is -0.375 e. The molecule has 0 aromatic heterocycles. The summed E-state index contributed by atoms with van der Waals surface area (Å²) in [6.07, 6.45) is -0.214. The Morgan fingerprint density at radius 1 is 1.11 bits per heavy atom. The Kier molecular flexibility index (Phi) is 4.13. The number of benzene rings is 2. The second-order valence-electron chi connectivity index (χ2n) is 4.32. The number of methoxy groups -OCH3 is 1. The third kappa shape index (κ3) is 2.57. The van der Waals surface area contributed by atoms with E-state index in [0.717, 1.165) is 16.3 Å². The second-order valence-corrected chi connectivity index (χ2v) is 4.32. The molecule has 0 amide bonds. The number of nitrogens with zero attached hydrogens (tertiary/aromatic N) is 2. The molecule has 2 rings (SSSR count). The van der Waals surface area contributed by atoms with Crippen LogP contribution in [0.3, 0.4) is 0 Å². The number of hydrogen-bond acceptors (Lipinski definition) is 3. The van der Waals surface area contributed by atoms with Gasteiger partial charge in [-0.05, 0) is 16.3 Å². The van der Waals surface area contributed by atoms with Gasteiger partial charge in [-0.2, -0.15) is 10.5 Å². The van der Waals surface area contributed by atoms with Gasteiger partial charge in [0.25, 0.3) is 0 Å². The van der Waals surface area contributed by atoms with E-state index >= 15 is 0 Å². The van der Waals surface area contributed by atoms with Crippen LogP contribution in [-0.4, -0.2) is 7.11 Å². The topological polar surface area (TPSA) is 56.8 Å². The van der Waals surface area contributed by atoms with Crippen molar-refractivity contribution < 1.29 is 4.74 Å². The van der Waals surface area contributed by atoms with Crippen molar-refractivity contribution in [1.29, 1.82) is 10.5 Å². The molecule has 0 heterocycles. The van der Waals surface area contributed by atoms with Crippen LogP contribution >= 0.6 is 0 Å². The summed E-state index contributed by atoms with van der Waals surface area (Å²) in [7, 11) is 1.58. The Hall–Kier alpha value is -2.36. The lowest BCUT2D eigenvalue weighted by molar-refractivity contribution is 0.0732. The third-order valence-electron chi connectivity index (χ3n) is 3.23. The minimum absolute atomic E-state index is 0.165. The summed E-state index contributed by atoms with van der Waals surface area (Å²) in [6, 6.07) is 18.1. The molecule has 2 unspecified atom stereocenters. The SMILES string of the molecule is COC(c1cccc2ccccc12)C(C#N)CC#N. The van der Waals surface area contributed by atoms with E-state index in [0.29, 0.717) is 0 Å². The monoisotopic (exact) mass is 250 g/mol. The van der Waals surface area contributed by atoms with E-state index < -0.39 is 5.92 Å². The maximum Gasteiger partial charge on any atom is 0.0995 e. The molecular formula is C16H14N2O. The lowest BCUT2D eigenvalue weighted by atomic mass is 9.91. The van der Waals surface area contributed by atoms with Gasteiger partial charge in [-0.1, -0.05) is 42.5 Å². The molecule has 0 aliphatic rings. The van der Waals surface area contributed by atoms with E-state index in [4.69, 9.17) is 10.00 Å². The van der Waals surface area contributed by atoms with Gasteiger partial charge in [0.1, 0.15) is 0 Å². The average molecular weight is 250 g/mol. The first-order valence-electron chi connectivity index (χ1n) is 6.09. The van der Waals surface area contributed by atoms with Crippen molar-refractivity contribution in [1.82, 2.24) is 0 Å². The largest absolute Gasteiger partial charge is 0.375 e. The van der Waals surface area contributed by atoms with E-state index in [-0.39, 0.29) is 12.5 Å². The van der Waals surface area contributed by atoms with Crippen molar-refractivity contribution >= 4 is 10.8 Å². The first kappa shape index (κ1) is 13.1. The first-order valence-corrected chi connectivity index (χ1v) is 6.09. The molecule has 0 saturated heterocycles. The summed E-state index contributed by atoms with van der Waals surface area (Å²) >= 11 is 0. The van der Waals surface area contributed by atoms with Gasteiger partial charge < -0.3 is 4.74 Å². The molecule has 0 fully saturated rings. The van der Waals surface area contributed by atoms with Crippen LogP contribution in [0, 0.1) is 28.6 Å². The molecule has 0 aliphatic heterocycles. The van der Waals surface area contributed by atoms with Crippen molar-refractivity contribution in [3.63, 3.8) is 0 Å². The maximum atomic E-state index is 9.21. The fraction of sp³-hybridized carbons (Fsp3) is 0.250. The van der Waals surface area contributed by atoms with E-state index in [1.54, 1.807) is 7.11 Å². The lowest BCUT2D eigenvalue weighted by Crippen LogP contribution is -2.13. The molecule has 0 N–H and O–H groups in total. The predicted octanol–water partition coefficient (Wildman–Crippen LogP) is 3.58. The molecule has 2 atom stereocenters. The van der Waals surface area contributed by atoms with Crippen LogP contribution < -0.4 is 0 Å². The zero-order valence-electron chi connectivity index (χ0n) is 10.7. The number of nitriles is 2. The molecule has 0 saturated carbocycles. The highest BCUT2D eigenvalue weighted by Gasteiger charge is 2.24. The van der Waals surface area contributed by atoms with E-state index in [1.807, 2.05) is 48.5 Å². The highest BCUT2D eigenvalue weighted by Crippen LogP contribution is 2.32. The van der Waals surface area contributed by atoms with Crippen LogP contribution in [-0.2, 0) is 4.74 Å². The summed E-state index contributed by atoms with van der Waals surface area (Å²) in [5.41, 5.74) is 0.961. The standard InChI is InChI=1S/C16H14N2O/c1-19-16(13(11-18)9-10-17)15-8-4-6-12-5-2-3-7-14(12)15/h2-8,13,16H,9H2,1H3. The van der Waals surface area contributed by atoms with Crippen LogP contribution in [0.4, 0.5) is 0 Å². The van der Waals surface area contributed by atoms with Crippen LogP contribution in [0.2, 0.25) is 0 Å². The number of rotatable bonds is 4. The zero-order chi connectivity index (χ0) is 13.7. The van der Waals surface area contributed by atoms with Crippen LogP contribution in [0.25, 0.3) is 10.8 Å². The van der Waals surface area contributed by atoms with Crippen molar-refractivity contribution in [2.45, 2.75) is 12.5 Å². The molecule has 3 nitrogen and oxygen atoms in total. The Balaban J connectivity index is 2.53. The van der Waals surface area contributed by atoms with Crippen LogP contribution in [0.15, 0.2) is 42.5 Å². The van der Waals surface area contributed by atoms with Crippen LogP contribution in [0.1, 0.15) is 18.1 Å². The highest BCUT2D eigenvalue weighted by molar-refractivity contribution is 5.86. The molecule has 19 heavy (non-hydrogen) atoms. The molecule has 0 radical (unpaired) electrons. The van der Waals surface area contributed by atoms with Crippen LogP contribution in [0.5, 0.6) is 0 Å². The Bertz CT molecular complexity index is 646. The Labute approximate surface area is 112 Å². The smallest absolute Gasteiger partial charge is 0.0995 e. The zero-order valence-corrected chi connectivity index (χ0v) is 10.7. The molecule has 0 spiro atoms. The normalized spacial score (nSPS) is 13.4. The van der Waals surface area contributed by atoms with Gasteiger partial charge in [-0.25, -0.2) is 0 Å². The molecule has 2 aromatic carbocycles. The number of hydrogen-bond donors (Lipinski definition) is 0. The molecule has 2 aromatic rings. The van der Waals surface area contributed by atoms with Crippen molar-refractivity contribution in [2.24, 2.45) is 5.92 Å². The maximum absolute atomic E-state index is 9.21. The van der Waals surface area contributed by atoms with Gasteiger partial charge in [0.2, 0.25) is 0 Å². The van der Waals surface area contributed by atoms with Crippen molar-refractivity contribution in [3.05, 3.63) is 48.0 Å². The molecule has 0 aliphatic carbocycles. The predicted molar refractivity (Wildman–Crippen MR) is 73.0 cm³/mol. The first-order chi connectivity index (χ1) is 9.31. The minimum atomic E-state index is -0.458. The molecule has 94 valence electrons. The fourth-order valence-electron chi connectivity index (χ4n) is 2.33. The third-order valence-corrected chi connectivity index (χ3v) is 3.23. The van der Waals surface area contributed by atoms with Gasteiger partial charge >= 0.3 is 0 Å². The summed E-state index contributed by atoms with van der Waals surface area (Å²) in [6.45, 7) is 0. The fourth-order valence-corrected chi connectivity index (χ4v) is 2.33. The van der Waals surface area contributed by atoms with Gasteiger partial charge in [0.15, 0.2) is 0 Å². The summed E-state index contributed by atoms with van der Waals surface area (Å²) in [5.74, 6) is -0.458. The summed E-state index contributed by atoms with van der Waals surface area (Å²) < 4.78 is 5.48. The Morgan fingerprint density at radius 2 is 1.84 bits per heavy atom. The average Bonchev–Trinajstić information content (AvgIpc) is 2.47. The second kappa shape index (κ2) is 6.00. The lowest BCUT2D eigenvalue weighted by Gasteiger charge is -2.20. The van der Waals surface area contributed by atoms with Gasteiger partial charge in [0.05, 0.1) is 30.6 Å². The Morgan fingerprint density at radius 3 is 2.53 bits per heavy atom. The van der Waals surface area contributed by atoms with Gasteiger partial charge in [0, 0.05) is 7.11 Å². The van der Waals surface area contributed by atoms with Crippen molar-refractivity contribution in [3.8, 4) is 12.1 Å². The number of fused-ring (bicyclic) bond motifs is 1. The quantitative estimate of drug-likeness (QED) is 0.833. The van der Waals surface area contributed by atoms with E-state index in [9.17, 15) is 5.26 Å². The molecule has 3 heteroatoms. The van der Waals surface area contributed by atoms with E-state index in [2.05, 4.69) is 6.07 Å². The molecule has 0 bridgehead atoms. The number of ether oxygens (including phenoxy) is 1. The van der Waals surface area contributed by atoms with Gasteiger partial charge in [-0.15, -0.1) is 0 Å². The van der Waals surface area contributed by atoms with Crippen molar-refractivity contribution in [2.75, 3.05) is 7.11 Å². The highest BCUT2D eigenvalue weighted by atomic mass is 16.5.